The molecule has 2 unspecified atom stereocenters. The van der Waals surface area contributed by atoms with Crippen LogP contribution in [-0.2, 0) is 5.41 Å². The molecule has 1 heterocycles. The second-order valence-electron chi connectivity index (χ2n) is 6.59. The topological polar surface area (TPSA) is 24.9 Å². The number of nitrogens with one attached hydrogen (secondary N) is 1. The Labute approximate surface area is 122 Å². The van der Waals surface area contributed by atoms with E-state index >= 15 is 0 Å². The first-order valence-electron chi connectivity index (χ1n) is 7.34. The van der Waals surface area contributed by atoms with Crippen LogP contribution in [0.3, 0.4) is 0 Å². The maximum atomic E-state index is 6.45. The Balaban J connectivity index is 2.02. The van der Waals surface area contributed by atoms with Crippen molar-refractivity contribution in [3.05, 3.63) is 23.9 Å². The third-order valence-electron chi connectivity index (χ3n) is 3.89. The van der Waals surface area contributed by atoms with E-state index in [9.17, 15) is 0 Å². The Hall–Kier alpha value is -0.760. The first kappa shape index (κ1) is 14.6. The summed E-state index contributed by atoms with van der Waals surface area (Å²) in [5, 5.41) is 3.73. The number of hydrogen-bond donors (Lipinski definition) is 1. The zero-order valence-corrected chi connectivity index (χ0v) is 13.0. The standard InChI is InChI=1S/C16H25ClN2/c1-16(2,3)12-9-10-15(18-11-12)19-14-8-6-4-5-7-13(14)17/h9-11,13-14H,4-8H2,1-3H3,(H,18,19). The van der Waals surface area contributed by atoms with Gasteiger partial charge in [-0.05, 0) is 29.9 Å². The summed E-state index contributed by atoms with van der Waals surface area (Å²) >= 11 is 6.45. The van der Waals surface area contributed by atoms with Crippen molar-refractivity contribution in [1.82, 2.24) is 4.98 Å². The number of nitrogens with zero attached hydrogens (tertiary/aromatic N) is 1. The molecular formula is C16H25ClN2. The van der Waals surface area contributed by atoms with Crippen LogP contribution in [0.1, 0.15) is 58.4 Å². The molecule has 1 fully saturated rings. The first-order chi connectivity index (χ1) is 8.97. The Bertz CT molecular complexity index is 394. The summed E-state index contributed by atoms with van der Waals surface area (Å²) in [6, 6.07) is 4.60. The van der Waals surface area contributed by atoms with Gasteiger partial charge in [0.15, 0.2) is 0 Å². The third kappa shape index (κ3) is 4.10. The highest BCUT2D eigenvalue weighted by Gasteiger charge is 2.22. The molecule has 1 N–H and O–H groups in total. The lowest BCUT2D eigenvalue weighted by Gasteiger charge is -2.23. The van der Waals surface area contributed by atoms with Gasteiger partial charge < -0.3 is 5.32 Å². The molecule has 106 valence electrons. The maximum absolute atomic E-state index is 6.45. The van der Waals surface area contributed by atoms with Crippen LogP contribution < -0.4 is 5.32 Å². The fraction of sp³-hybridized carbons (Fsp3) is 0.688. The highest BCUT2D eigenvalue weighted by molar-refractivity contribution is 6.21. The van der Waals surface area contributed by atoms with Crippen molar-refractivity contribution in [3.8, 4) is 0 Å². The Kier molecular flexibility index (Phi) is 4.72. The predicted molar refractivity (Wildman–Crippen MR) is 83.1 cm³/mol. The molecular weight excluding hydrogens is 256 g/mol. The van der Waals surface area contributed by atoms with E-state index in [1.807, 2.05) is 6.20 Å². The van der Waals surface area contributed by atoms with E-state index in [-0.39, 0.29) is 10.8 Å². The molecule has 0 aromatic carbocycles. The smallest absolute Gasteiger partial charge is 0.126 e. The average Bonchev–Trinajstić information content (AvgIpc) is 2.55. The van der Waals surface area contributed by atoms with Crippen LogP contribution in [0.25, 0.3) is 0 Å². The number of alkyl halides is 1. The molecule has 1 aliphatic carbocycles. The van der Waals surface area contributed by atoms with Crippen molar-refractivity contribution >= 4 is 17.4 Å². The molecule has 0 amide bonds. The van der Waals surface area contributed by atoms with Gasteiger partial charge in [-0.15, -0.1) is 11.6 Å². The molecule has 2 rings (SSSR count). The molecule has 1 aromatic rings. The summed E-state index contributed by atoms with van der Waals surface area (Å²) in [6.07, 6.45) is 8.06. The van der Waals surface area contributed by atoms with Crippen LogP contribution in [0.5, 0.6) is 0 Å². The van der Waals surface area contributed by atoms with Crippen LogP contribution in [0.4, 0.5) is 5.82 Å². The van der Waals surface area contributed by atoms with Crippen molar-refractivity contribution in [3.63, 3.8) is 0 Å². The van der Waals surface area contributed by atoms with Gasteiger partial charge in [-0.25, -0.2) is 4.98 Å². The van der Waals surface area contributed by atoms with Crippen LogP contribution in [0.15, 0.2) is 18.3 Å². The second kappa shape index (κ2) is 6.13. The second-order valence-corrected chi connectivity index (χ2v) is 7.15. The fourth-order valence-electron chi connectivity index (χ4n) is 2.54. The third-order valence-corrected chi connectivity index (χ3v) is 4.42. The van der Waals surface area contributed by atoms with E-state index in [2.05, 4.69) is 43.2 Å². The molecule has 19 heavy (non-hydrogen) atoms. The maximum Gasteiger partial charge on any atom is 0.126 e. The summed E-state index contributed by atoms with van der Waals surface area (Å²) < 4.78 is 0. The highest BCUT2D eigenvalue weighted by Crippen LogP contribution is 2.26. The first-order valence-corrected chi connectivity index (χ1v) is 7.77. The van der Waals surface area contributed by atoms with Crippen molar-refractivity contribution < 1.29 is 0 Å². The van der Waals surface area contributed by atoms with Crippen molar-refractivity contribution in [2.45, 2.75) is 69.7 Å². The number of rotatable bonds is 2. The molecule has 2 nitrogen and oxygen atoms in total. The van der Waals surface area contributed by atoms with E-state index < -0.39 is 0 Å². The van der Waals surface area contributed by atoms with Gasteiger partial charge in [0.25, 0.3) is 0 Å². The van der Waals surface area contributed by atoms with Crippen LogP contribution >= 0.6 is 11.6 Å². The van der Waals surface area contributed by atoms with Gasteiger partial charge in [-0.2, -0.15) is 0 Å². The molecule has 0 bridgehead atoms. The minimum absolute atomic E-state index is 0.156. The minimum atomic E-state index is 0.156. The molecule has 1 saturated carbocycles. The normalized spacial score (nSPS) is 24.8. The lowest BCUT2D eigenvalue weighted by molar-refractivity contribution is 0.586. The highest BCUT2D eigenvalue weighted by atomic mass is 35.5. The van der Waals surface area contributed by atoms with E-state index in [0.717, 1.165) is 18.7 Å². The zero-order valence-electron chi connectivity index (χ0n) is 12.2. The number of hydrogen-bond acceptors (Lipinski definition) is 2. The van der Waals surface area contributed by atoms with Crippen molar-refractivity contribution in [2.75, 3.05) is 5.32 Å². The van der Waals surface area contributed by atoms with Gasteiger partial charge in [0.1, 0.15) is 5.82 Å². The van der Waals surface area contributed by atoms with Gasteiger partial charge in [0.05, 0.1) is 5.38 Å². The summed E-state index contributed by atoms with van der Waals surface area (Å²) in [5.41, 5.74) is 1.42. The zero-order chi connectivity index (χ0) is 13.9. The van der Waals surface area contributed by atoms with Crippen LogP contribution in [-0.4, -0.2) is 16.4 Å². The fourth-order valence-corrected chi connectivity index (χ4v) is 2.88. The van der Waals surface area contributed by atoms with E-state index in [4.69, 9.17) is 11.6 Å². The molecule has 0 radical (unpaired) electrons. The van der Waals surface area contributed by atoms with Gasteiger partial charge in [-0.1, -0.05) is 46.1 Å². The van der Waals surface area contributed by atoms with E-state index in [1.165, 1.54) is 24.8 Å². The minimum Gasteiger partial charge on any atom is -0.366 e. The van der Waals surface area contributed by atoms with Gasteiger partial charge in [-0.3, -0.25) is 0 Å². The SMILES string of the molecule is CC(C)(C)c1ccc(NC2CCCCCC2Cl)nc1. The van der Waals surface area contributed by atoms with Crippen molar-refractivity contribution in [2.24, 2.45) is 0 Å². The molecule has 1 aliphatic rings. The molecule has 0 saturated heterocycles. The molecule has 0 spiro atoms. The average molecular weight is 281 g/mol. The number of anilines is 1. The Morgan fingerprint density at radius 2 is 1.89 bits per heavy atom. The summed E-state index contributed by atoms with van der Waals surface area (Å²) in [4.78, 5) is 4.53. The Morgan fingerprint density at radius 1 is 1.16 bits per heavy atom. The summed E-state index contributed by atoms with van der Waals surface area (Å²) in [5.74, 6) is 0.950. The molecule has 3 heteroatoms. The van der Waals surface area contributed by atoms with Gasteiger partial charge in [0, 0.05) is 12.2 Å². The summed E-state index contributed by atoms with van der Waals surface area (Å²) in [7, 11) is 0. The largest absolute Gasteiger partial charge is 0.366 e. The van der Waals surface area contributed by atoms with E-state index in [0.29, 0.717) is 6.04 Å². The van der Waals surface area contributed by atoms with Crippen molar-refractivity contribution in [1.29, 1.82) is 0 Å². The monoisotopic (exact) mass is 280 g/mol. The predicted octanol–water partition coefficient (Wildman–Crippen LogP) is 4.73. The van der Waals surface area contributed by atoms with Gasteiger partial charge in [0.2, 0.25) is 0 Å². The lowest BCUT2D eigenvalue weighted by Crippen LogP contribution is -2.29. The van der Waals surface area contributed by atoms with E-state index in [1.54, 1.807) is 0 Å². The van der Waals surface area contributed by atoms with Crippen LogP contribution in [0, 0.1) is 0 Å². The number of pyridine rings is 1. The number of halogens is 1. The van der Waals surface area contributed by atoms with Gasteiger partial charge >= 0.3 is 0 Å². The molecule has 2 atom stereocenters. The molecule has 0 aliphatic heterocycles. The van der Waals surface area contributed by atoms with Crippen LogP contribution in [0.2, 0.25) is 0 Å². The summed E-state index contributed by atoms with van der Waals surface area (Å²) in [6.45, 7) is 6.62. The Morgan fingerprint density at radius 3 is 2.53 bits per heavy atom. The number of aromatic nitrogens is 1. The lowest BCUT2D eigenvalue weighted by atomic mass is 9.88. The molecule has 1 aromatic heterocycles. The quantitative estimate of drug-likeness (QED) is 0.626.